The first kappa shape index (κ1) is 23.8. The van der Waals surface area contributed by atoms with E-state index in [1.807, 2.05) is 62.4 Å². The quantitative estimate of drug-likeness (QED) is 0.249. The van der Waals surface area contributed by atoms with E-state index in [-0.39, 0.29) is 17.3 Å². The van der Waals surface area contributed by atoms with Crippen molar-refractivity contribution in [1.82, 2.24) is 4.98 Å². The van der Waals surface area contributed by atoms with Crippen LogP contribution in [0.2, 0.25) is 5.15 Å². The molecule has 0 amide bonds. The van der Waals surface area contributed by atoms with Crippen molar-refractivity contribution in [2.24, 2.45) is 0 Å². The first-order valence-corrected chi connectivity index (χ1v) is 12.0. The molecule has 0 aliphatic heterocycles. The summed E-state index contributed by atoms with van der Waals surface area (Å²) in [5.41, 5.74) is 5.50. The predicted octanol–water partition coefficient (Wildman–Crippen LogP) is 8.10. The highest BCUT2D eigenvalue weighted by atomic mass is 35.5. The molecule has 1 N–H and O–H groups in total. The minimum atomic E-state index is -0.358. The molecule has 0 unspecified atom stereocenters. The van der Waals surface area contributed by atoms with Gasteiger partial charge < -0.3 is 9.73 Å². The summed E-state index contributed by atoms with van der Waals surface area (Å²) in [4.78, 5) is 17.8. The van der Waals surface area contributed by atoms with Crippen LogP contribution < -0.4 is 10.7 Å². The molecule has 36 heavy (non-hydrogen) atoms. The van der Waals surface area contributed by atoms with E-state index >= 15 is 0 Å². The third-order valence-electron chi connectivity index (χ3n) is 6.23. The van der Waals surface area contributed by atoms with E-state index in [0.717, 1.165) is 16.7 Å². The molecule has 0 spiro atoms. The SMILES string of the molecule is Cc1cc([C@@H](C)Nc2ccc(Cl)nc2-c2cccc(F)c2)c2oc(-c3ccccc3)c(C)c(=O)c2c1. The molecular weight excluding hydrogens is 475 g/mol. The molecule has 180 valence electrons. The van der Waals surface area contributed by atoms with Crippen LogP contribution in [0, 0.1) is 19.7 Å². The van der Waals surface area contributed by atoms with E-state index in [1.54, 1.807) is 25.1 Å². The number of hydrogen-bond acceptors (Lipinski definition) is 4. The van der Waals surface area contributed by atoms with Crippen LogP contribution in [0.1, 0.15) is 29.7 Å². The van der Waals surface area contributed by atoms with Crippen molar-refractivity contribution < 1.29 is 8.81 Å². The van der Waals surface area contributed by atoms with Crippen molar-refractivity contribution >= 4 is 28.3 Å². The van der Waals surface area contributed by atoms with Gasteiger partial charge in [-0.05, 0) is 56.7 Å². The van der Waals surface area contributed by atoms with E-state index in [1.165, 1.54) is 12.1 Å². The average molecular weight is 499 g/mol. The molecule has 0 radical (unpaired) electrons. The van der Waals surface area contributed by atoms with Crippen LogP contribution in [0.25, 0.3) is 33.6 Å². The Hall–Kier alpha value is -3.96. The number of nitrogens with one attached hydrogen (secondary N) is 1. The van der Waals surface area contributed by atoms with Gasteiger partial charge in [0, 0.05) is 22.3 Å². The Bertz CT molecular complexity index is 1650. The largest absolute Gasteiger partial charge is 0.455 e. The van der Waals surface area contributed by atoms with Gasteiger partial charge in [-0.2, -0.15) is 0 Å². The summed E-state index contributed by atoms with van der Waals surface area (Å²) in [6.07, 6.45) is 0. The van der Waals surface area contributed by atoms with Crippen LogP contribution in [0.3, 0.4) is 0 Å². The monoisotopic (exact) mass is 498 g/mol. The highest BCUT2D eigenvalue weighted by molar-refractivity contribution is 6.29. The van der Waals surface area contributed by atoms with Crippen LogP contribution in [-0.4, -0.2) is 4.98 Å². The molecule has 0 bridgehead atoms. The third-order valence-corrected chi connectivity index (χ3v) is 6.44. The molecule has 5 rings (SSSR count). The predicted molar refractivity (Wildman–Crippen MR) is 144 cm³/mol. The number of halogens is 2. The van der Waals surface area contributed by atoms with Gasteiger partial charge in [0.1, 0.15) is 22.3 Å². The highest BCUT2D eigenvalue weighted by Gasteiger charge is 2.20. The number of hydrogen-bond donors (Lipinski definition) is 1. The fourth-order valence-electron chi connectivity index (χ4n) is 4.47. The summed E-state index contributed by atoms with van der Waals surface area (Å²) < 4.78 is 20.4. The molecule has 0 saturated carbocycles. The van der Waals surface area contributed by atoms with Gasteiger partial charge in [0.2, 0.25) is 0 Å². The van der Waals surface area contributed by atoms with E-state index in [9.17, 15) is 9.18 Å². The van der Waals surface area contributed by atoms with Crippen molar-refractivity contribution in [2.75, 3.05) is 5.32 Å². The second-order valence-corrected chi connectivity index (χ2v) is 9.28. The molecule has 2 aromatic heterocycles. The Morgan fingerprint density at radius 3 is 2.44 bits per heavy atom. The number of benzene rings is 3. The number of rotatable bonds is 5. The first-order valence-electron chi connectivity index (χ1n) is 11.6. The van der Waals surface area contributed by atoms with Gasteiger partial charge in [0.15, 0.2) is 5.43 Å². The summed E-state index contributed by atoms with van der Waals surface area (Å²) in [5, 5.41) is 4.32. The second kappa shape index (κ2) is 9.59. The summed E-state index contributed by atoms with van der Waals surface area (Å²) in [6, 6.07) is 23.0. The van der Waals surface area contributed by atoms with Crippen molar-refractivity contribution in [3.05, 3.63) is 117 Å². The first-order chi connectivity index (χ1) is 17.3. The van der Waals surface area contributed by atoms with Crippen LogP contribution in [0.15, 0.2) is 88.1 Å². The normalized spacial score (nSPS) is 12.0. The number of aryl methyl sites for hydroxylation is 1. The zero-order valence-corrected chi connectivity index (χ0v) is 20.9. The summed E-state index contributed by atoms with van der Waals surface area (Å²) in [6.45, 7) is 5.74. The molecule has 3 aromatic carbocycles. The molecular formula is C30H24ClFN2O2. The van der Waals surface area contributed by atoms with Crippen molar-refractivity contribution in [1.29, 1.82) is 0 Å². The summed E-state index contributed by atoms with van der Waals surface area (Å²) >= 11 is 6.18. The van der Waals surface area contributed by atoms with Crippen molar-refractivity contribution in [3.63, 3.8) is 0 Å². The third kappa shape index (κ3) is 4.50. The fourth-order valence-corrected chi connectivity index (χ4v) is 4.62. The molecule has 6 heteroatoms. The van der Waals surface area contributed by atoms with Crippen molar-refractivity contribution in [2.45, 2.75) is 26.8 Å². The standard InChI is InChI=1S/C30H24ClFN2O2/c1-17-14-23(30-24(15-17)28(35)18(2)29(36-30)20-8-5-4-6-9-20)19(3)33-25-12-13-26(31)34-27(25)21-10-7-11-22(32)16-21/h4-16,19,33H,1-3H3/t19-/m1/s1. The Balaban J connectivity index is 1.64. The van der Waals surface area contributed by atoms with Gasteiger partial charge in [0.05, 0.1) is 22.8 Å². The minimum absolute atomic E-state index is 0.0548. The van der Waals surface area contributed by atoms with Gasteiger partial charge in [0.25, 0.3) is 0 Å². The molecule has 5 aromatic rings. The molecule has 2 heterocycles. The lowest BCUT2D eigenvalue weighted by Gasteiger charge is -2.20. The second-order valence-electron chi connectivity index (χ2n) is 8.89. The maximum atomic E-state index is 14.0. The van der Waals surface area contributed by atoms with E-state index < -0.39 is 0 Å². The zero-order valence-electron chi connectivity index (χ0n) is 20.1. The Morgan fingerprint density at radius 2 is 1.69 bits per heavy atom. The number of nitrogens with zero attached hydrogens (tertiary/aromatic N) is 1. The van der Waals surface area contributed by atoms with E-state index in [2.05, 4.69) is 10.3 Å². The van der Waals surface area contributed by atoms with Crippen molar-refractivity contribution in [3.8, 4) is 22.6 Å². The minimum Gasteiger partial charge on any atom is -0.455 e. The van der Waals surface area contributed by atoms with E-state index in [0.29, 0.717) is 44.4 Å². The number of fused-ring (bicyclic) bond motifs is 1. The highest BCUT2D eigenvalue weighted by Crippen LogP contribution is 2.35. The van der Waals surface area contributed by atoms with Crippen LogP contribution in [0.4, 0.5) is 10.1 Å². The average Bonchev–Trinajstić information content (AvgIpc) is 2.87. The van der Waals surface area contributed by atoms with Crippen LogP contribution in [-0.2, 0) is 0 Å². The van der Waals surface area contributed by atoms with Gasteiger partial charge >= 0.3 is 0 Å². The topological polar surface area (TPSA) is 55.1 Å². The maximum absolute atomic E-state index is 14.0. The smallest absolute Gasteiger partial charge is 0.196 e. The lowest BCUT2D eigenvalue weighted by Crippen LogP contribution is -2.13. The fraction of sp³-hybridized carbons (Fsp3) is 0.133. The van der Waals surface area contributed by atoms with Gasteiger partial charge in [-0.3, -0.25) is 4.79 Å². The molecule has 0 aliphatic carbocycles. The number of anilines is 1. The summed E-state index contributed by atoms with van der Waals surface area (Å²) in [5.74, 6) is 0.197. The molecule has 0 aliphatic rings. The Labute approximate surface area is 213 Å². The lowest BCUT2D eigenvalue weighted by molar-refractivity contribution is 0.605. The number of aromatic nitrogens is 1. The molecule has 1 atom stereocenters. The number of pyridine rings is 1. The summed E-state index contributed by atoms with van der Waals surface area (Å²) in [7, 11) is 0. The molecule has 0 saturated heterocycles. The molecule has 4 nitrogen and oxygen atoms in total. The lowest BCUT2D eigenvalue weighted by atomic mass is 9.98. The van der Waals surface area contributed by atoms with Gasteiger partial charge in [-0.1, -0.05) is 60.1 Å². The van der Waals surface area contributed by atoms with Gasteiger partial charge in [-0.15, -0.1) is 0 Å². The zero-order chi connectivity index (χ0) is 25.4. The van der Waals surface area contributed by atoms with E-state index in [4.69, 9.17) is 16.0 Å². The Morgan fingerprint density at radius 1 is 0.944 bits per heavy atom. The van der Waals surface area contributed by atoms with Gasteiger partial charge in [-0.25, -0.2) is 9.37 Å². The van der Waals surface area contributed by atoms with Crippen LogP contribution in [0.5, 0.6) is 0 Å². The Kier molecular flexibility index (Phi) is 6.33. The molecule has 0 fully saturated rings. The maximum Gasteiger partial charge on any atom is 0.196 e. The van der Waals surface area contributed by atoms with Crippen LogP contribution >= 0.6 is 11.6 Å².